The van der Waals surface area contributed by atoms with Crippen LogP contribution in [0.1, 0.15) is 43.1 Å². The highest BCUT2D eigenvalue weighted by Gasteiger charge is 2.37. The third-order valence-electron chi connectivity index (χ3n) is 5.50. The molecule has 0 aromatic heterocycles. The lowest BCUT2D eigenvalue weighted by Crippen LogP contribution is -2.34. The molecule has 1 aromatic carbocycles. The summed E-state index contributed by atoms with van der Waals surface area (Å²) in [6.45, 7) is 1.59. The average molecular weight is 411 g/mol. The van der Waals surface area contributed by atoms with Crippen LogP contribution in [0.3, 0.4) is 0 Å². The first-order valence-corrected chi connectivity index (χ1v) is 9.45. The molecule has 0 spiro atoms. The Kier molecular flexibility index (Phi) is 6.66. The van der Waals surface area contributed by atoms with Crippen molar-refractivity contribution in [2.75, 3.05) is 26.9 Å². The average Bonchev–Trinajstić information content (AvgIpc) is 2.61. The van der Waals surface area contributed by atoms with Crippen molar-refractivity contribution in [3.8, 4) is 0 Å². The van der Waals surface area contributed by atoms with Crippen molar-refractivity contribution < 1.29 is 31.8 Å². The highest BCUT2D eigenvalue weighted by molar-refractivity contribution is 6.21. The Labute approximate surface area is 160 Å². The van der Waals surface area contributed by atoms with Crippen molar-refractivity contribution in [3.05, 3.63) is 34.9 Å². The van der Waals surface area contributed by atoms with Gasteiger partial charge in [-0.3, -0.25) is 0 Å². The van der Waals surface area contributed by atoms with E-state index in [4.69, 9.17) is 25.8 Å². The van der Waals surface area contributed by atoms with Gasteiger partial charge in [-0.05, 0) is 61.3 Å². The molecule has 3 nitrogen and oxygen atoms in total. The molecular weight excluding hydrogens is 388 g/mol. The van der Waals surface area contributed by atoms with Crippen molar-refractivity contribution in [1.82, 2.24) is 0 Å². The zero-order valence-corrected chi connectivity index (χ0v) is 15.8. The highest BCUT2D eigenvalue weighted by Crippen LogP contribution is 2.40. The van der Waals surface area contributed by atoms with Gasteiger partial charge in [0.1, 0.15) is 17.2 Å². The Balaban J connectivity index is 1.58. The number of alkyl halides is 3. The molecule has 2 fully saturated rings. The van der Waals surface area contributed by atoms with Crippen molar-refractivity contribution in [2.45, 2.75) is 37.4 Å². The summed E-state index contributed by atoms with van der Waals surface area (Å²) in [6, 6.07) is 1.57. The van der Waals surface area contributed by atoms with Crippen LogP contribution in [0.5, 0.6) is 0 Å². The van der Waals surface area contributed by atoms with Crippen LogP contribution in [-0.2, 0) is 19.6 Å². The Hall–Kier alpha value is -0.890. The van der Waals surface area contributed by atoms with E-state index in [2.05, 4.69) is 0 Å². The van der Waals surface area contributed by atoms with Crippen LogP contribution in [0.4, 0.5) is 17.6 Å². The van der Waals surface area contributed by atoms with E-state index in [1.807, 2.05) is 0 Å². The number of ether oxygens (including phenoxy) is 3. The van der Waals surface area contributed by atoms with Gasteiger partial charge in [0, 0.05) is 25.2 Å². The summed E-state index contributed by atoms with van der Waals surface area (Å²) in [5.74, 6) is -1.56. The Morgan fingerprint density at radius 2 is 1.59 bits per heavy atom. The molecule has 1 saturated carbocycles. The van der Waals surface area contributed by atoms with E-state index in [1.54, 1.807) is 7.11 Å². The van der Waals surface area contributed by atoms with Gasteiger partial charge in [-0.25, -0.2) is 8.78 Å². The highest BCUT2D eigenvalue weighted by atomic mass is 35.5. The molecule has 8 heteroatoms. The third-order valence-corrected chi connectivity index (χ3v) is 5.69. The van der Waals surface area contributed by atoms with Crippen LogP contribution in [0.2, 0.25) is 0 Å². The molecule has 3 rings (SSSR count). The minimum absolute atomic E-state index is 0.0249. The largest absolute Gasteiger partial charge is 0.384 e. The van der Waals surface area contributed by atoms with Crippen molar-refractivity contribution in [2.24, 2.45) is 17.8 Å². The third kappa shape index (κ3) is 4.94. The number of hydrogen-bond acceptors (Lipinski definition) is 3. The Morgan fingerprint density at radius 1 is 1.04 bits per heavy atom. The molecule has 0 unspecified atom stereocenters. The molecule has 0 atom stereocenters. The van der Waals surface area contributed by atoms with E-state index in [0.717, 1.165) is 44.4 Å². The van der Waals surface area contributed by atoms with Crippen LogP contribution in [0.25, 0.3) is 0 Å². The summed E-state index contributed by atoms with van der Waals surface area (Å²) < 4.78 is 70.5. The number of hydrogen-bond donors (Lipinski definition) is 0. The monoisotopic (exact) mass is 410 g/mol. The second-order valence-electron chi connectivity index (χ2n) is 7.35. The normalized spacial score (nSPS) is 29.7. The Bertz CT molecular complexity index is 613. The standard InChI is InChI=1S/C19H23ClF4O3/c1-25-8-11-2-4-12(5-3-11)14-9-26-18(27-10-14)13-6-15(21)17(16(22)7-13)19(20,23)24/h6-7,11-12,14,18H,2-5,8-10H2,1H3. The molecule has 152 valence electrons. The molecular formula is C19H23ClF4O3. The maximum Gasteiger partial charge on any atom is 0.353 e. The molecule has 1 heterocycles. The van der Waals surface area contributed by atoms with Crippen molar-refractivity contribution >= 4 is 11.6 Å². The lowest BCUT2D eigenvalue weighted by Gasteiger charge is -2.37. The predicted octanol–water partition coefficient (Wildman–Crippen LogP) is 5.37. The zero-order chi connectivity index (χ0) is 19.6. The minimum atomic E-state index is -4.12. The molecule has 0 amide bonds. The SMILES string of the molecule is COCC1CCC(C2COC(c3cc(F)c(C(F)(F)Cl)c(F)c3)OC2)CC1. The van der Waals surface area contributed by atoms with Crippen molar-refractivity contribution in [3.63, 3.8) is 0 Å². The lowest BCUT2D eigenvalue weighted by molar-refractivity contribution is -0.215. The predicted molar refractivity (Wildman–Crippen MR) is 91.6 cm³/mol. The fraction of sp³-hybridized carbons (Fsp3) is 0.684. The van der Waals surface area contributed by atoms with E-state index in [-0.39, 0.29) is 11.5 Å². The summed E-state index contributed by atoms with van der Waals surface area (Å²) in [5, 5.41) is -4.12. The van der Waals surface area contributed by atoms with Crippen LogP contribution < -0.4 is 0 Å². The quantitative estimate of drug-likeness (QED) is 0.482. The van der Waals surface area contributed by atoms with E-state index in [9.17, 15) is 17.6 Å². The van der Waals surface area contributed by atoms with Crippen LogP contribution in [-0.4, -0.2) is 26.9 Å². The summed E-state index contributed by atoms with van der Waals surface area (Å²) >= 11 is 4.76. The van der Waals surface area contributed by atoms with E-state index >= 15 is 0 Å². The summed E-state index contributed by atoms with van der Waals surface area (Å²) in [4.78, 5) is 0. The maximum absolute atomic E-state index is 13.9. The molecule has 0 radical (unpaired) electrons. The first-order valence-electron chi connectivity index (χ1n) is 9.08. The minimum Gasteiger partial charge on any atom is -0.384 e. The van der Waals surface area contributed by atoms with Gasteiger partial charge in [-0.1, -0.05) is 0 Å². The molecule has 1 aromatic rings. The van der Waals surface area contributed by atoms with Gasteiger partial charge < -0.3 is 14.2 Å². The first kappa shape index (κ1) is 20.8. The van der Waals surface area contributed by atoms with Crippen LogP contribution in [0.15, 0.2) is 12.1 Å². The molecule has 1 aliphatic carbocycles. The van der Waals surface area contributed by atoms with Gasteiger partial charge >= 0.3 is 5.38 Å². The van der Waals surface area contributed by atoms with Gasteiger partial charge in [0.15, 0.2) is 6.29 Å². The maximum atomic E-state index is 13.9. The van der Waals surface area contributed by atoms with Gasteiger partial charge in [0.25, 0.3) is 0 Å². The van der Waals surface area contributed by atoms with Crippen LogP contribution in [0, 0.1) is 29.4 Å². The Morgan fingerprint density at radius 3 is 2.07 bits per heavy atom. The molecule has 2 aliphatic rings. The van der Waals surface area contributed by atoms with Gasteiger partial charge in [-0.15, -0.1) is 0 Å². The molecule has 0 bridgehead atoms. The summed E-state index contributed by atoms with van der Waals surface area (Å²) in [7, 11) is 1.71. The topological polar surface area (TPSA) is 27.7 Å². The fourth-order valence-electron chi connectivity index (χ4n) is 4.04. The molecule has 0 N–H and O–H groups in total. The van der Waals surface area contributed by atoms with Gasteiger partial charge in [-0.2, -0.15) is 8.78 Å². The number of methoxy groups -OCH3 is 1. The van der Waals surface area contributed by atoms with Crippen LogP contribution >= 0.6 is 11.6 Å². The van der Waals surface area contributed by atoms with Gasteiger partial charge in [0.05, 0.1) is 13.2 Å². The number of halogens is 5. The van der Waals surface area contributed by atoms with Crippen molar-refractivity contribution in [1.29, 1.82) is 0 Å². The second-order valence-corrected chi connectivity index (χ2v) is 7.83. The fourth-order valence-corrected chi connectivity index (χ4v) is 4.22. The molecule has 27 heavy (non-hydrogen) atoms. The smallest absolute Gasteiger partial charge is 0.353 e. The molecule has 1 aliphatic heterocycles. The van der Waals surface area contributed by atoms with E-state index in [1.165, 1.54) is 0 Å². The summed E-state index contributed by atoms with van der Waals surface area (Å²) in [6.07, 6.45) is 3.36. The van der Waals surface area contributed by atoms with Gasteiger partial charge in [0.2, 0.25) is 0 Å². The van der Waals surface area contributed by atoms with E-state index < -0.39 is 28.9 Å². The first-order chi connectivity index (χ1) is 12.8. The number of rotatable bonds is 5. The summed E-state index contributed by atoms with van der Waals surface area (Å²) in [5.41, 5.74) is -1.44. The second kappa shape index (κ2) is 8.64. The zero-order valence-electron chi connectivity index (χ0n) is 15.0. The van der Waals surface area contributed by atoms with E-state index in [0.29, 0.717) is 25.0 Å². The number of benzene rings is 1. The lowest BCUT2D eigenvalue weighted by atomic mass is 9.76. The molecule has 1 saturated heterocycles.